The van der Waals surface area contributed by atoms with Gasteiger partial charge in [0.05, 0.1) is 6.42 Å². The van der Waals surface area contributed by atoms with E-state index in [1.807, 2.05) is 12.1 Å². The second-order valence-corrected chi connectivity index (χ2v) is 4.33. The molecule has 5 heteroatoms. The average Bonchev–Trinajstić information content (AvgIpc) is 2.32. The molecular weight excluding hydrogens is 284 g/mol. The van der Waals surface area contributed by atoms with Gasteiger partial charge in [-0.25, -0.2) is 0 Å². The molecule has 2 amide bonds. The van der Waals surface area contributed by atoms with Crippen molar-refractivity contribution in [3.05, 3.63) is 29.8 Å². The van der Waals surface area contributed by atoms with Crippen molar-refractivity contribution in [3.63, 3.8) is 0 Å². The summed E-state index contributed by atoms with van der Waals surface area (Å²) in [5, 5.41) is 5.98. The molecule has 0 spiro atoms. The van der Waals surface area contributed by atoms with Gasteiger partial charge in [-0.2, -0.15) is 0 Å². The molecule has 0 atom stereocenters. The van der Waals surface area contributed by atoms with Gasteiger partial charge in [0.15, 0.2) is 0 Å². The Balaban J connectivity index is 2.55. The van der Waals surface area contributed by atoms with Gasteiger partial charge in [-0.05, 0) is 17.7 Å². The molecule has 0 radical (unpaired) electrons. The predicted molar refractivity (Wildman–Crippen MR) is 71.3 cm³/mol. The number of carbonyl (C=O) groups excluding carboxylic acids is 2. The molecule has 0 unspecified atom stereocenters. The van der Waals surface area contributed by atoms with Gasteiger partial charge in [-0.1, -0.05) is 28.1 Å². The zero-order valence-corrected chi connectivity index (χ0v) is 11.2. The molecule has 0 heterocycles. The highest BCUT2D eigenvalue weighted by Gasteiger charge is 2.03. The Hall–Kier alpha value is -1.36. The molecule has 17 heavy (non-hydrogen) atoms. The number of rotatable bonds is 5. The molecule has 0 aliphatic carbocycles. The Kier molecular flexibility index (Phi) is 5.69. The lowest BCUT2D eigenvalue weighted by Crippen LogP contribution is -2.19. The van der Waals surface area contributed by atoms with Crippen LogP contribution in [0.2, 0.25) is 0 Å². The van der Waals surface area contributed by atoms with Crippen LogP contribution in [-0.4, -0.2) is 24.2 Å². The molecule has 2 N–H and O–H groups in total. The van der Waals surface area contributed by atoms with E-state index in [9.17, 15) is 9.59 Å². The zero-order valence-electron chi connectivity index (χ0n) is 9.63. The standard InChI is InChI=1S/C12H15BrN2O2/c1-14-12(17)8-9-2-4-10(5-3-9)15-11(16)6-7-13/h2-5H,6-8H2,1H3,(H,14,17)(H,15,16). The predicted octanol–water partition coefficient (Wildman–Crippen LogP) is 1.70. The maximum atomic E-state index is 11.3. The summed E-state index contributed by atoms with van der Waals surface area (Å²) in [4.78, 5) is 22.5. The Morgan fingerprint density at radius 3 is 2.35 bits per heavy atom. The summed E-state index contributed by atoms with van der Waals surface area (Å²) >= 11 is 3.20. The van der Waals surface area contributed by atoms with Crippen molar-refractivity contribution in [3.8, 4) is 0 Å². The first kappa shape index (κ1) is 13.7. The van der Waals surface area contributed by atoms with Gasteiger partial charge < -0.3 is 10.6 Å². The van der Waals surface area contributed by atoms with Crippen molar-refractivity contribution in [2.45, 2.75) is 12.8 Å². The molecule has 1 aromatic carbocycles. The molecule has 0 bridgehead atoms. The minimum atomic E-state index is -0.0269. The first-order chi connectivity index (χ1) is 8.15. The lowest BCUT2D eigenvalue weighted by Gasteiger charge is -2.05. The molecule has 1 rings (SSSR count). The summed E-state index contributed by atoms with van der Waals surface area (Å²) in [6, 6.07) is 7.26. The van der Waals surface area contributed by atoms with Crippen molar-refractivity contribution in [1.29, 1.82) is 0 Å². The van der Waals surface area contributed by atoms with E-state index in [1.54, 1.807) is 19.2 Å². The maximum absolute atomic E-state index is 11.3. The third-order valence-electron chi connectivity index (χ3n) is 2.20. The number of hydrogen-bond acceptors (Lipinski definition) is 2. The first-order valence-corrected chi connectivity index (χ1v) is 6.43. The highest BCUT2D eigenvalue weighted by molar-refractivity contribution is 9.09. The summed E-state index contributed by atoms with van der Waals surface area (Å²) in [5.74, 6) is -0.0537. The molecule has 4 nitrogen and oxygen atoms in total. The monoisotopic (exact) mass is 298 g/mol. The fourth-order valence-electron chi connectivity index (χ4n) is 1.29. The van der Waals surface area contributed by atoms with E-state index in [4.69, 9.17) is 0 Å². The maximum Gasteiger partial charge on any atom is 0.225 e. The number of nitrogens with one attached hydrogen (secondary N) is 2. The topological polar surface area (TPSA) is 58.2 Å². The zero-order chi connectivity index (χ0) is 12.7. The molecule has 0 saturated carbocycles. The molecule has 0 fully saturated rings. The van der Waals surface area contributed by atoms with E-state index < -0.39 is 0 Å². The Morgan fingerprint density at radius 1 is 1.18 bits per heavy atom. The Bertz CT molecular complexity index is 390. The second kappa shape index (κ2) is 7.06. The summed E-state index contributed by atoms with van der Waals surface area (Å²) in [7, 11) is 1.61. The van der Waals surface area contributed by atoms with Crippen LogP contribution < -0.4 is 10.6 Å². The number of alkyl halides is 1. The minimum Gasteiger partial charge on any atom is -0.359 e. The number of anilines is 1. The Labute approximate surface area is 109 Å². The van der Waals surface area contributed by atoms with Gasteiger partial charge in [-0.3, -0.25) is 9.59 Å². The van der Waals surface area contributed by atoms with Crippen molar-refractivity contribution >= 4 is 33.4 Å². The van der Waals surface area contributed by atoms with Crippen molar-refractivity contribution in [2.24, 2.45) is 0 Å². The van der Waals surface area contributed by atoms with Crippen molar-refractivity contribution in [2.75, 3.05) is 17.7 Å². The molecule has 0 aliphatic rings. The van der Waals surface area contributed by atoms with E-state index in [0.29, 0.717) is 18.2 Å². The summed E-state index contributed by atoms with van der Waals surface area (Å²) in [6.07, 6.45) is 0.798. The third-order valence-corrected chi connectivity index (χ3v) is 2.60. The van der Waals surface area contributed by atoms with Crippen LogP contribution in [0.5, 0.6) is 0 Å². The highest BCUT2D eigenvalue weighted by atomic mass is 79.9. The quantitative estimate of drug-likeness (QED) is 0.813. The number of hydrogen-bond donors (Lipinski definition) is 2. The van der Waals surface area contributed by atoms with Crippen molar-refractivity contribution < 1.29 is 9.59 Å². The Morgan fingerprint density at radius 2 is 1.82 bits per heavy atom. The van der Waals surface area contributed by atoms with Crippen molar-refractivity contribution in [1.82, 2.24) is 5.32 Å². The summed E-state index contributed by atoms with van der Waals surface area (Å²) in [5.41, 5.74) is 1.67. The molecule has 0 aromatic heterocycles. The third kappa shape index (κ3) is 4.99. The lowest BCUT2D eigenvalue weighted by molar-refractivity contribution is -0.120. The normalized spacial score (nSPS) is 9.76. The summed E-state index contributed by atoms with van der Waals surface area (Å²) < 4.78 is 0. The lowest BCUT2D eigenvalue weighted by atomic mass is 10.1. The van der Waals surface area contributed by atoms with Crippen LogP contribution in [0, 0.1) is 0 Å². The van der Waals surface area contributed by atoms with Crippen LogP contribution in [0.3, 0.4) is 0 Å². The van der Waals surface area contributed by atoms with E-state index in [1.165, 1.54) is 0 Å². The molecule has 0 aliphatic heterocycles. The van der Waals surface area contributed by atoms with Crippen LogP contribution >= 0.6 is 15.9 Å². The van der Waals surface area contributed by atoms with E-state index >= 15 is 0 Å². The number of benzene rings is 1. The highest BCUT2D eigenvalue weighted by Crippen LogP contribution is 2.10. The van der Waals surface area contributed by atoms with Gasteiger partial charge in [0.1, 0.15) is 0 Å². The number of amides is 2. The fourth-order valence-corrected chi connectivity index (χ4v) is 1.65. The van der Waals surface area contributed by atoms with Gasteiger partial charge in [0, 0.05) is 24.5 Å². The van der Waals surface area contributed by atoms with Gasteiger partial charge in [0.25, 0.3) is 0 Å². The summed E-state index contributed by atoms with van der Waals surface area (Å²) in [6.45, 7) is 0. The minimum absolute atomic E-state index is 0.0268. The van der Waals surface area contributed by atoms with E-state index in [-0.39, 0.29) is 11.8 Å². The number of carbonyl (C=O) groups is 2. The van der Waals surface area contributed by atoms with Crippen LogP contribution in [0.4, 0.5) is 5.69 Å². The van der Waals surface area contributed by atoms with E-state index in [2.05, 4.69) is 26.6 Å². The van der Waals surface area contributed by atoms with Gasteiger partial charge in [-0.15, -0.1) is 0 Å². The van der Waals surface area contributed by atoms with E-state index in [0.717, 1.165) is 11.3 Å². The number of likely N-dealkylation sites (N-methyl/N-ethyl adjacent to an activating group) is 1. The van der Waals surface area contributed by atoms with Gasteiger partial charge >= 0.3 is 0 Å². The molecule has 1 aromatic rings. The van der Waals surface area contributed by atoms with Gasteiger partial charge in [0.2, 0.25) is 11.8 Å². The molecule has 0 saturated heterocycles. The molecule has 92 valence electrons. The van der Waals surface area contributed by atoms with Crippen LogP contribution in [0.1, 0.15) is 12.0 Å². The average molecular weight is 299 g/mol. The van der Waals surface area contributed by atoms with Crippen LogP contribution in [0.15, 0.2) is 24.3 Å². The largest absolute Gasteiger partial charge is 0.359 e. The SMILES string of the molecule is CNC(=O)Cc1ccc(NC(=O)CCBr)cc1. The molecular formula is C12H15BrN2O2. The fraction of sp³-hybridized carbons (Fsp3) is 0.333. The van der Waals surface area contributed by atoms with Crippen LogP contribution in [-0.2, 0) is 16.0 Å². The number of halogens is 1. The van der Waals surface area contributed by atoms with Crippen LogP contribution in [0.25, 0.3) is 0 Å². The first-order valence-electron chi connectivity index (χ1n) is 5.31. The smallest absolute Gasteiger partial charge is 0.225 e. The second-order valence-electron chi connectivity index (χ2n) is 3.53.